The zero-order chi connectivity index (χ0) is 11.7. The van der Waals surface area contributed by atoms with Crippen molar-refractivity contribution in [3.8, 4) is 0 Å². The predicted octanol–water partition coefficient (Wildman–Crippen LogP) is 0.683. The van der Waals surface area contributed by atoms with E-state index in [2.05, 4.69) is 15.3 Å². The highest BCUT2D eigenvalue weighted by Gasteiger charge is 2.20. The van der Waals surface area contributed by atoms with Gasteiger partial charge in [0, 0.05) is 18.7 Å². The number of nitrogens with one attached hydrogen (secondary N) is 1. The summed E-state index contributed by atoms with van der Waals surface area (Å²) in [5, 5.41) is 3.23. The number of anilines is 1. The number of hydrogen-bond acceptors (Lipinski definition) is 4. The van der Waals surface area contributed by atoms with Crippen LogP contribution in [0.2, 0.25) is 5.15 Å². The molecule has 0 radical (unpaired) electrons. The molecular weight excluding hydrogens is 228 g/mol. The number of carbonyl (C=O) groups excluding carboxylic acids is 1. The molecule has 1 aliphatic heterocycles. The minimum atomic E-state index is 0.0121. The molecular formula is C10H13ClN4O. The van der Waals surface area contributed by atoms with Gasteiger partial charge in [0.2, 0.25) is 5.91 Å². The summed E-state index contributed by atoms with van der Waals surface area (Å²) >= 11 is 6.00. The maximum Gasteiger partial charge on any atom is 0.239 e. The Bertz CT molecular complexity index is 435. The molecule has 2 rings (SSSR count). The molecule has 0 unspecified atom stereocenters. The molecule has 2 heterocycles. The Balaban J connectivity index is 2.35. The zero-order valence-electron chi connectivity index (χ0n) is 9.25. The third-order valence-electron chi connectivity index (χ3n) is 2.51. The second-order valence-corrected chi connectivity index (χ2v) is 4.14. The van der Waals surface area contributed by atoms with Crippen LogP contribution in [0.4, 0.5) is 5.82 Å². The molecule has 16 heavy (non-hydrogen) atoms. The summed E-state index contributed by atoms with van der Waals surface area (Å²) in [6.45, 7) is 5.37. The van der Waals surface area contributed by atoms with Crippen LogP contribution in [-0.4, -0.2) is 35.5 Å². The van der Waals surface area contributed by atoms with E-state index in [1.165, 1.54) is 0 Å². The van der Waals surface area contributed by atoms with Crippen LogP contribution in [0, 0.1) is 13.8 Å². The van der Waals surface area contributed by atoms with Gasteiger partial charge in [0.05, 0.1) is 6.54 Å². The minimum Gasteiger partial charge on any atom is -0.353 e. The van der Waals surface area contributed by atoms with Crippen LogP contribution < -0.4 is 10.2 Å². The first kappa shape index (κ1) is 11.1. The third-order valence-corrected chi connectivity index (χ3v) is 2.88. The van der Waals surface area contributed by atoms with Gasteiger partial charge < -0.3 is 10.2 Å². The molecule has 1 aromatic rings. The lowest BCUT2D eigenvalue weighted by Gasteiger charge is -2.28. The van der Waals surface area contributed by atoms with E-state index in [4.69, 9.17) is 11.6 Å². The van der Waals surface area contributed by atoms with Gasteiger partial charge >= 0.3 is 0 Å². The van der Waals surface area contributed by atoms with E-state index >= 15 is 0 Å². The Morgan fingerprint density at radius 1 is 1.38 bits per heavy atom. The molecule has 1 aromatic heterocycles. The van der Waals surface area contributed by atoms with Gasteiger partial charge in [0.15, 0.2) is 0 Å². The van der Waals surface area contributed by atoms with Crippen molar-refractivity contribution in [2.75, 3.05) is 24.5 Å². The second kappa shape index (κ2) is 4.25. The second-order valence-electron chi connectivity index (χ2n) is 3.78. The van der Waals surface area contributed by atoms with E-state index < -0.39 is 0 Å². The Morgan fingerprint density at radius 2 is 2.12 bits per heavy atom. The number of nitrogens with zero attached hydrogens (tertiary/aromatic N) is 3. The quantitative estimate of drug-likeness (QED) is 0.734. The average molecular weight is 241 g/mol. The highest BCUT2D eigenvalue weighted by atomic mass is 35.5. The molecule has 6 heteroatoms. The number of carbonyl (C=O) groups is 1. The molecule has 0 saturated carbocycles. The van der Waals surface area contributed by atoms with Crippen molar-refractivity contribution in [1.82, 2.24) is 15.3 Å². The first-order chi connectivity index (χ1) is 7.58. The summed E-state index contributed by atoms with van der Waals surface area (Å²) < 4.78 is 0. The smallest absolute Gasteiger partial charge is 0.239 e. The van der Waals surface area contributed by atoms with Crippen LogP contribution in [0.25, 0.3) is 0 Å². The van der Waals surface area contributed by atoms with Gasteiger partial charge in [-0.1, -0.05) is 11.6 Å². The fraction of sp³-hybridized carbons (Fsp3) is 0.500. The summed E-state index contributed by atoms with van der Waals surface area (Å²) in [6.07, 6.45) is 0. The topological polar surface area (TPSA) is 58.1 Å². The molecule has 0 aromatic carbocycles. The van der Waals surface area contributed by atoms with Crippen LogP contribution in [-0.2, 0) is 4.79 Å². The Hall–Kier alpha value is -1.36. The molecule has 1 aliphatic rings. The van der Waals surface area contributed by atoms with Crippen LogP contribution in [0.3, 0.4) is 0 Å². The first-order valence-corrected chi connectivity index (χ1v) is 5.48. The maximum atomic E-state index is 11.3. The molecule has 1 N–H and O–H groups in total. The Morgan fingerprint density at radius 3 is 2.81 bits per heavy atom. The molecule has 1 saturated heterocycles. The fourth-order valence-corrected chi connectivity index (χ4v) is 1.91. The van der Waals surface area contributed by atoms with Gasteiger partial charge in [-0.2, -0.15) is 0 Å². The SMILES string of the molecule is Cc1nc(Cl)c(C)c(N2CCNC(=O)C2)n1. The van der Waals surface area contributed by atoms with E-state index in [0.717, 1.165) is 17.9 Å². The third kappa shape index (κ3) is 2.09. The van der Waals surface area contributed by atoms with Crippen LogP contribution in [0.15, 0.2) is 0 Å². The van der Waals surface area contributed by atoms with Crippen LogP contribution >= 0.6 is 11.6 Å². The monoisotopic (exact) mass is 240 g/mol. The van der Waals surface area contributed by atoms with Crippen LogP contribution in [0.5, 0.6) is 0 Å². The average Bonchev–Trinajstić information content (AvgIpc) is 2.23. The number of hydrogen-bond donors (Lipinski definition) is 1. The standard InChI is InChI=1S/C10H13ClN4O/c1-6-9(11)13-7(2)14-10(6)15-4-3-12-8(16)5-15/h3-5H2,1-2H3,(H,12,16). The minimum absolute atomic E-state index is 0.0121. The molecule has 0 spiro atoms. The molecule has 86 valence electrons. The van der Waals surface area contributed by atoms with Crippen molar-refractivity contribution >= 4 is 23.3 Å². The highest BCUT2D eigenvalue weighted by Crippen LogP contribution is 2.23. The molecule has 1 amide bonds. The molecule has 0 atom stereocenters. The van der Waals surface area contributed by atoms with E-state index in [-0.39, 0.29) is 5.91 Å². The predicted molar refractivity (Wildman–Crippen MR) is 61.7 cm³/mol. The maximum absolute atomic E-state index is 11.3. The largest absolute Gasteiger partial charge is 0.353 e. The van der Waals surface area contributed by atoms with Crippen molar-refractivity contribution in [3.63, 3.8) is 0 Å². The molecule has 0 aliphatic carbocycles. The van der Waals surface area contributed by atoms with Gasteiger partial charge in [-0.25, -0.2) is 9.97 Å². The van der Waals surface area contributed by atoms with Gasteiger partial charge in [-0.05, 0) is 13.8 Å². The lowest BCUT2D eigenvalue weighted by molar-refractivity contribution is -0.120. The fourth-order valence-electron chi connectivity index (χ4n) is 1.71. The first-order valence-electron chi connectivity index (χ1n) is 5.10. The summed E-state index contributed by atoms with van der Waals surface area (Å²) in [6, 6.07) is 0. The van der Waals surface area contributed by atoms with Crippen LogP contribution in [0.1, 0.15) is 11.4 Å². The molecule has 1 fully saturated rings. The van der Waals surface area contributed by atoms with E-state index in [9.17, 15) is 4.79 Å². The van der Waals surface area contributed by atoms with Crippen molar-refractivity contribution in [2.45, 2.75) is 13.8 Å². The van der Waals surface area contributed by atoms with Crippen molar-refractivity contribution < 1.29 is 4.79 Å². The number of amides is 1. The summed E-state index contributed by atoms with van der Waals surface area (Å²) in [4.78, 5) is 21.6. The highest BCUT2D eigenvalue weighted by molar-refractivity contribution is 6.30. The normalized spacial score (nSPS) is 16.2. The van der Waals surface area contributed by atoms with E-state index in [1.807, 2.05) is 11.8 Å². The Kier molecular flexibility index (Phi) is 2.96. The van der Waals surface area contributed by atoms with Crippen molar-refractivity contribution in [2.24, 2.45) is 0 Å². The summed E-state index contributed by atoms with van der Waals surface area (Å²) in [7, 11) is 0. The molecule has 0 bridgehead atoms. The number of rotatable bonds is 1. The number of aromatic nitrogens is 2. The summed E-state index contributed by atoms with van der Waals surface area (Å²) in [5.41, 5.74) is 0.821. The van der Waals surface area contributed by atoms with Gasteiger partial charge in [-0.15, -0.1) is 0 Å². The zero-order valence-corrected chi connectivity index (χ0v) is 10.0. The van der Waals surface area contributed by atoms with Gasteiger partial charge in [0.25, 0.3) is 0 Å². The number of halogens is 1. The van der Waals surface area contributed by atoms with Crippen molar-refractivity contribution in [3.05, 3.63) is 16.5 Å². The van der Waals surface area contributed by atoms with E-state index in [1.54, 1.807) is 6.92 Å². The van der Waals surface area contributed by atoms with Gasteiger partial charge in [0.1, 0.15) is 16.8 Å². The lowest BCUT2D eigenvalue weighted by Crippen LogP contribution is -2.48. The van der Waals surface area contributed by atoms with Crippen molar-refractivity contribution in [1.29, 1.82) is 0 Å². The van der Waals surface area contributed by atoms with Gasteiger partial charge in [-0.3, -0.25) is 4.79 Å². The lowest BCUT2D eigenvalue weighted by atomic mass is 10.2. The molecule has 5 nitrogen and oxygen atoms in total. The summed E-state index contributed by atoms with van der Waals surface area (Å²) in [5.74, 6) is 1.39. The number of aryl methyl sites for hydroxylation is 1. The van der Waals surface area contributed by atoms with E-state index in [0.29, 0.717) is 24.1 Å². The Labute approximate surface area is 98.8 Å². The number of piperazine rings is 1.